The molecule has 1 aliphatic rings. The van der Waals surface area contributed by atoms with E-state index in [0.717, 1.165) is 12.8 Å². The fourth-order valence-corrected chi connectivity index (χ4v) is 4.98. The van der Waals surface area contributed by atoms with E-state index in [1.165, 1.54) is 10.6 Å². The van der Waals surface area contributed by atoms with Crippen molar-refractivity contribution in [2.24, 2.45) is 5.92 Å². The summed E-state index contributed by atoms with van der Waals surface area (Å²) in [6.45, 7) is 4.96. The van der Waals surface area contributed by atoms with Gasteiger partial charge in [-0.05, 0) is 55.2 Å². The molecule has 0 unspecified atom stereocenters. The molecule has 1 aliphatic heterocycles. The molecule has 0 spiro atoms. The number of nitrogens with one attached hydrogen (secondary N) is 1. The molecule has 31 heavy (non-hydrogen) atoms. The van der Waals surface area contributed by atoms with Crippen molar-refractivity contribution < 1.29 is 22.2 Å². The van der Waals surface area contributed by atoms with Crippen LogP contribution >= 0.6 is 0 Å². The molecule has 1 amide bonds. The van der Waals surface area contributed by atoms with Crippen LogP contribution in [0.1, 0.15) is 49.2 Å². The van der Waals surface area contributed by atoms with Crippen LogP contribution in [0.4, 0.5) is 0 Å². The van der Waals surface area contributed by atoms with E-state index in [1.807, 2.05) is 13.8 Å². The topological polar surface area (TPSA) is 119 Å². The SMILES string of the molecule is CC(C)[C@H](NC(=O)c1ccco1)c1nc(-c2ccc(S(=O)(=O)N3CCCC3)cc2)no1. The molecule has 1 saturated heterocycles. The zero-order valence-corrected chi connectivity index (χ0v) is 18.1. The van der Waals surface area contributed by atoms with E-state index in [4.69, 9.17) is 8.94 Å². The van der Waals surface area contributed by atoms with Gasteiger partial charge in [0.25, 0.3) is 5.91 Å². The largest absolute Gasteiger partial charge is 0.459 e. The normalized spacial score (nSPS) is 16.0. The van der Waals surface area contributed by atoms with Gasteiger partial charge in [-0.3, -0.25) is 4.79 Å². The van der Waals surface area contributed by atoms with Gasteiger partial charge >= 0.3 is 0 Å². The number of hydrogen-bond acceptors (Lipinski definition) is 7. The van der Waals surface area contributed by atoms with Crippen LogP contribution in [-0.4, -0.2) is 41.9 Å². The minimum atomic E-state index is -3.48. The summed E-state index contributed by atoms with van der Waals surface area (Å²) < 4.78 is 37.4. The number of nitrogens with zero attached hydrogens (tertiary/aromatic N) is 3. The van der Waals surface area contributed by atoms with Crippen molar-refractivity contribution in [3.8, 4) is 11.4 Å². The third kappa shape index (κ3) is 4.40. The van der Waals surface area contributed by atoms with Crippen LogP contribution in [0.5, 0.6) is 0 Å². The van der Waals surface area contributed by atoms with Gasteiger partial charge in [-0.1, -0.05) is 19.0 Å². The fraction of sp³-hybridized carbons (Fsp3) is 0.381. The van der Waals surface area contributed by atoms with Crippen molar-refractivity contribution in [3.63, 3.8) is 0 Å². The molecule has 0 bridgehead atoms. The summed E-state index contributed by atoms with van der Waals surface area (Å²) in [6.07, 6.45) is 3.20. The Labute approximate surface area is 180 Å². The van der Waals surface area contributed by atoms with Crippen LogP contribution in [0.2, 0.25) is 0 Å². The summed E-state index contributed by atoms with van der Waals surface area (Å²) in [5.74, 6) is 0.386. The lowest BCUT2D eigenvalue weighted by Gasteiger charge is -2.17. The molecule has 0 saturated carbocycles. The second-order valence-electron chi connectivity index (χ2n) is 7.76. The minimum absolute atomic E-state index is 0.0137. The quantitative estimate of drug-likeness (QED) is 0.594. The Morgan fingerprint density at radius 2 is 1.84 bits per heavy atom. The molecule has 1 atom stereocenters. The van der Waals surface area contributed by atoms with Crippen molar-refractivity contribution in [1.82, 2.24) is 19.8 Å². The monoisotopic (exact) mass is 444 g/mol. The first-order chi connectivity index (χ1) is 14.9. The number of furan rings is 1. The van der Waals surface area contributed by atoms with Gasteiger partial charge in [0, 0.05) is 18.7 Å². The first-order valence-electron chi connectivity index (χ1n) is 10.1. The van der Waals surface area contributed by atoms with Gasteiger partial charge in [-0.2, -0.15) is 9.29 Å². The first-order valence-corrected chi connectivity index (χ1v) is 11.6. The summed E-state index contributed by atoms with van der Waals surface area (Å²) >= 11 is 0. The second-order valence-corrected chi connectivity index (χ2v) is 9.70. The number of benzene rings is 1. The van der Waals surface area contributed by atoms with Crippen LogP contribution in [0.15, 0.2) is 56.5 Å². The lowest BCUT2D eigenvalue weighted by atomic mass is 10.0. The molecular weight excluding hydrogens is 420 g/mol. The van der Waals surface area contributed by atoms with Crippen molar-refractivity contribution in [3.05, 3.63) is 54.3 Å². The van der Waals surface area contributed by atoms with E-state index in [-0.39, 0.29) is 28.4 Å². The second kappa shape index (κ2) is 8.64. The molecule has 0 aliphatic carbocycles. The molecular formula is C21H24N4O5S. The van der Waals surface area contributed by atoms with E-state index in [9.17, 15) is 13.2 Å². The Bertz CT molecular complexity index is 1130. The first kappa shape index (κ1) is 21.3. The fourth-order valence-electron chi connectivity index (χ4n) is 3.47. The van der Waals surface area contributed by atoms with E-state index >= 15 is 0 Å². The minimum Gasteiger partial charge on any atom is -0.459 e. The van der Waals surface area contributed by atoms with Crippen molar-refractivity contribution in [1.29, 1.82) is 0 Å². The molecule has 164 valence electrons. The number of sulfonamides is 1. The highest BCUT2D eigenvalue weighted by molar-refractivity contribution is 7.89. The van der Waals surface area contributed by atoms with Gasteiger partial charge < -0.3 is 14.3 Å². The maximum absolute atomic E-state index is 12.7. The zero-order valence-electron chi connectivity index (χ0n) is 17.3. The average Bonchev–Trinajstić information content (AvgIpc) is 3.53. The molecule has 1 aromatic carbocycles. The number of carbonyl (C=O) groups excluding carboxylic acids is 1. The summed E-state index contributed by atoms with van der Waals surface area (Å²) in [6, 6.07) is 9.12. The Balaban J connectivity index is 1.52. The maximum atomic E-state index is 12.7. The molecule has 1 fully saturated rings. The van der Waals surface area contributed by atoms with Gasteiger partial charge in [-0.15, -0.1) is 0 Å². The highest BCUT2D eigenvalue weighted by atomic mass is 32.2. The predicted octanol–water partition coefficient (Wildman–Crippen LogP) is 3.24. The Kier molecular flexibility index (Phi) is 5.92. The van der Waals surface area contributed by atoms with Crippen molar-refractivity contribution >= 4 is 15.9 Å². The zero-order chi connectivity index (χ0) is 22.0. The molecule has 3 aromatic rings. The third-order valence-corrected chi connectivity index (χ3v) is 7.13. The van der Waals surface area contributed by atoms with Gasteiger partial charge in [0.05, 0.1) is 11.2 Å². The van der Waals surface area contributed by atoms with Crippen LogP contribution in [0.25, 0.3) is 11.4 Å². The highest BCUT2D eigenvalue weighted by Crippen LogP contribution is 2.26. The molecule has 2 aromatic heterocycles. The number of rotatable bonds is 7. The molecule has 9 nitrogen and oxygen atoms in total. The number of aromatic nitrogens is 2. The summed E-state index contributed by atoms with van der Waals surface area (Å²) in [4.78, 5) is 17.0. The van der Waals surface area contributed by atoms with E-state index < -0.39 is 16.1 Å². The van der Waals surface area contributed by atoms with Crippen LogP contribution in [-0.2, 0) is 10.0 Å². The van der Waals surface area contributed by atoms with Gasteiger partial charge in [0.15, 0.2) is 5.76 Å². The third-order valence-electron chi connectivity index (χ3n) is 5.22. The smallest absolute Gasteiger partial charge is 0.287 e. The van der Waals surface area contributed by atoms with Crippen LogP contribution in [0.3, 0.4) is 0 Å². The van der Waals surface area contributed by atoms with Crippen molar-refractivity contribution in [2.45, 2.75) is 37.6 Å². The average molecular weight is 445 g/mol. The van der Waals surface area contributed by atoms with E-state index in [2.05, 4.69) is 15.5 Å². The Morgan fingerprint density at radius 1 is 1.13 bits per heavy atom. The predicted molar refractivity (Wildman–Crippen MR) is 111 cm³/mol. The molecule has 4 rings (SSSR count). The van der Waals surface area contributed by atoms with Crippen molar-refractivity contribution in [2.75, 3.05) is 13.1 Å². The molecule has 1 N–H and O–H groups in total. The summed E-state index contributed by atoms with van der Waals surface area (Å²) in [5, 5.41) is 6.85. The van der Waals surface area contributed by atoms with Crippen LogP contribution in [0, 0.1) is 5.92 Å². The van der Waals surface area contributed by atoms with Gasteiger partial charge in [0.2, 0.25) is 21.7 Å². The Morgan fingerprint density at radius 3 is 2.45 bits per heavy atom. The van der Waals surface area contributed by atoms with E-state index in [1.54, 1.807) is 36.4 Å². The van der Waals surface area contributed by atoms with E-state index in [0.29, 0.717) is 24.5 Å². The number of hydrogen-bond donors (Lipinski definition) is 1. The van der Waals surface area contributed by atoms with Gasteiger partial charge in [-0.25, -0.2) is 8.42 Å². The molecule has 10 heteroatoms. The molecule has 0 radical (unpaired) electrons. The summed E-state index contributed by atoms with van der Waals surface area (Å²) in [7, 11) is -3.48. The van der Waals surface area contributed by atoms with Gasteiger partial charge in [0.1, 0.15) is 6.04 Å². The highest BCUT2D eigenvalue weighted by Gasteiger charge is 2.28. The molecule has 3 heterocycles. The standard InChI is InChI=1S/C21H24N4O5S/c1-14(2)18(22-20(26)17-6-5-13-29-17)21-23-19(24-30-21)15-7-9-16(10-8-15)31(27,28)25-11-3-4-12-25/h5-10,13-14,18H,3-4,11-12H2,1-2H3,(H,22,26)/t18-/m0/s1. The maximum Gasteiger partial charge on any atom is 0.287 e. The lowest BCUT2D eigenvalue weighted by molar-refractivity contribution is 0.0885. The lowest BCUT2D eigenvalue weighted by Crippen LogP contribution is -2.31. The number of amides is 1. The summed E-state index contributed by atoms with van der Waals surface area (Å²) in [5.41, 5.74) is 0.621. The Hall–Kier alpha value is -2.98. The number of carbonyl (C=O) groups is 1. The van der Waals surface area contributed by atoms with Crippen LogP contribution < -0.4 is 5.32 Å².